The van der Waals surface area contributed by atoms with Gasteiger partial charge in [-0.3, -0.25) is 0 Å². The van der Waals surface area contributed by atoms with Gasteiger partial charge in [-0.25, -0.2) is 13.6 Å². The van der Waals surface area contributed by atoms with E-state index in [4.69, 9.17) is 9.47 Å². The molecule has 0 radical (unpaired) electrons. The Balaban J connectivity index is 2.02. The van der Waals surface area contributed by atoms with Gasteiger partial charge in [-0.15, -0.1) is 0 Å². The molecule has 1 atom stereocenters. The van der Waals surface area contributed by atoms with Gasteiger partial charge in [-0.1, -0.05) is 6.07 Å². The lowest BCUT2D eigenvalue weighted by molar-refractivity contribution is -0.137. The number of allylic oxidation sites excluding steroid dienone is 2. The first-order valence-corrected chi connectivity index (χ1v) is 9.23. The maximum absolute atomic E-state index is 13.7. The quantitative estimate of drug-likeness (QED) is 0.801. The molecule has 0 amide bonds. The second-order valence-corrected chi connectivity index (χ2v) is 6.69. The highest BCUT2D eigenvalue weighted by Gasteiger charge is 2.36. The number of ether oxygens (including phenoxy) is 2. The van der Waals surface area contributed by atoms with Crippen LogP contribution >= 0.6 is 0 Å². The number of aliphatic carboxylic acids is 1. The SMILES string of the molecule is CCOC1C(C(=O)O)=C(C)C=C(N2CCOCC2)N1Cc1ccc(F)c(F)c1. The van der Waals surface area contributed by atoms with Crippen LogP contribution in [0.15, 0.2) is 41.2 Å². The maximum Gasteiger partial charge on any atom is 0.336 e. The van der Waals surface area contributed by atoms with Gasteiger partial charge < -0.3 is 24.4 Å². The summed E-state index contributed by atoms with van der Waals surface area (Å²) in [7, 11) is 0. The molecule has 3 rings (SSSR count). The predicted octanol–water partition coefficient (Wildman–Crippen LogP) is 2.72. The smallest absolute Gasteiger partial charge is 0.336 e. The highest BCUT2D eigenvalue weighted by atomic mass is 19.2. The minimum atomic E-state index is -1.07. The lowest BCUT2D eigenvalue weighted by atomic mass is 10.0. The molecule has 2 aliphatic rings. The number of carboxylic acids is 1. The van der Waals surface area contributed by atoms with Gasteiger partial charge >= 0.3 is 5.97 Å². The number of hydrogen-bond donors (Lipinski definition) is 1. The summed E-state index contributed by atoms with van der Waals surface area (Å²) in [5.41, 5.74) is 1.27. The first kappa shape index (κ1) is 20.3. The summed E-state index contributed by atoms with van der Waals surface area (Å²) >= 11 is 0. The van der Waals surface area contributed by atoms with E-state index in [-0.39, 0.29) is 12.1 Å². The standard InChI is InChI=1S/C20H24F2N2O4/c1-3-28-19-18(20(25)26)13(2)10-17(23-6-8-27-9-7-23)24(19)12-14-4-5-15(21)16(22)11-14/h4-5,10-11,19H,3,6-9,12H2,1-2H3,(H,25,26). The van der Waals surface area contributed by atoms with Crippen molar-refractivity contribution in [3.05, 3.63) is 58.4 Å². The average molecular weight is 394 g/mol. The van der Waals surface area contributed by atoms with Gasteiger partial charge in [-0.2, -0.15) is 0 Å². The zero-order chi connectivity index (χ0) is 20.3. The summed E-state index contributed by atoms with van der Waals surface area (Å²) in [6, 6.07) is 3.69. The molecule has 2 heterocycles. The van der Waals surface area contributed by atoms with Crippen LogP contribution in [0.1, 0.15) is 19.4 Å². The van der Waals surface area contributed by atoms with Crippen LogP contribution in [-0.4, -0.2) is 60.0 Å². The molecule has 1 unspecified atom stereocenters. The number of rotatable bonds is 6. The van der Waals surface area contributed by atoms with Gasteiger partial charge in [0.15, 0.2) is 17.9 Å². The molecule has 0 saturated carbocycles. The topological polar surface area (TPSA) is 62.2 Å². The molecule has 0 aliphatic carbocycles. The molecule has 0 bridgehead atoms. The van der Waals surface area contributed by atoms with E-state index in [0.717, 1.165) is 18.0 Å². The normalized spacial score (nSPS) is 20.4. The van der Waals surface area contributed by atoms with Crippen molar-refractivity contribution in [3.63, 3.8) is 0 Å². The molecule has 28 heavy (non-hydrogen) atoms. The monoisotopic (exact) mass is 394 g/mol. The average Bonchev–Trinajstić information content (AvgIpc) is 2.67. The minimum Gasteiger partial charge on any atom is -0.478 e. The summed E-state index contributed by atoms with van der Waals surface area (Å²) in [5.74, 6) is -2.14. The Morgan fingerprint density at radius 1 is 1.29 bits per heavy atom. The molecule has 1 aromatic rings. The van der Waals surface area contributed by atoms with Crippen LogP contribution < -0.4 is 0 Å². The molecule has 0 spiro atoms. The molecule has 1 saturated heterocycles. The first-order chi connectivity index (χ1) is 13.4. The largest absolute Gasteiger partial charge is 0.478 e. The molecule has 2 aliphatic heterocycles. The van der Waals surface area contributed by atoms with E-state index in [1.807, 2.05) is 6.08 Å². The van der Waals surface area contributed by atoms with E-state index in [1.54, 1.807) is 18.7 Å². The lowest BCUT2D eigenvalue weighted by Crippen LogP contribution is -2.49. The van der Waals surface area contributed by atoms with Crippen LogP contribution in [0.25, 0.3) is 0 Å². The Bertz CT molecular complexity index is 803. The molecule has 0 aromatic heterocycles. The number of carboxylic acid groups (broad SMARTS) is 1. The third-order valence-electron chi connectivity index (χ3n) is 4.82. The second kappa shape index (κ2) is 8.70. The first-order valence-electron chi connectivity index (χ1n) is 9.23. The number of nitrogens with zero attached hydrogens (tertiary/aromatic N) is 2. The van der Waals surface area contributed by atoms with Crippen LogP contribution in [0.5, 0.6) is 0 Å². The van der Waals surface area contributed by atoms with Crippen molar-refractivity contribution >= 4 is 5.97 Å². The third kappa shape index (κ3) is 4.18. The van der Waals surface area contributed by atoms with Crippen LogP contribution in [0.4, 0.5) is 8.78 Å². The Labute approximate surface area is 162 Å². The number of benzene rings is 1. The van der Waals surface area contributed by atoms with E-state index in [0.29, 0.717) is 44.0 Å². The lowest BCUT2D eigenvalue weighted by Gasteiger charge is -2.44. The van der Waals surface area contributed by atoms with Gasteiger partial charge in [0, 0.05) is 26.2 Å². The van der Waals surface area contributed by atoms with E-state index in [9.17, 15) is 18.7 Å². The fraction of sp³-hybridized carbons (Fsp3) is 0.450. The van der Waals surface area contributed by atoms with Gasteiger partial charge in [-0.05, 0) is 43.2 Å². The van der Waals surface area contributed by atoms with E-state index in [1.165, 1.54) is 6.07 Å². The molecule has 6 nitrogen and oxygen atoms in total. The van der Waals surface area contributed by atoms with Crippen LogP contribution in [0.2, 0.25) is 0 Å². The van der Waals surface area contributed by atoms with Crippen LogP contribution in [0.3, 0.4) is 0 Å². The van der Waals surface area contributed by atoms with Crippen molar-refractivity contribution in [2.45, 2.75) is 26.6 Å². The third-order valence-corrected chi connectivity index (χ3v) is 4.82. The molecule has 152 valence electrons. The summed E-state index contributed by atoms with van der Waals surface area (Å²) in [6.45, 7) is 6.42. The fourth-order valence-electron chi connectivity index (χ4n) is 3.49. The predicted molar refractivity (Wildman–Crippen MR) is 98.1 cm³/mol. The summed E-state index contributed by atoms with van der Waals surface area (Å²) in [5, 5.41) is 9.73. The summed E-state index contributed by atoms with van der Waals surface area (Å²) < 4.78 is 38.3. The Morgan fingerprint density at radius 2 is 2.00 bits per heavy atom. The number of hydrogen-bond acceptors (Lipinski definition) is 5. The molecule has 8 heteroatoms. The zero-order valence-corrected chi connectivity index (χ0v) is 16.0. The summed E-state index contributed by atoms with van der Waals surface area (Å²) in [4.78, 5) is 15.8. The van der Waals surface area contributed by atoms with Crippen LogP contribution in [-0.2, 0) is 20.8 Å². The van der Waals surface area contributed by atoms with Crippen molar-refractivity contribution in [2.75, 3.05) is 32.9 Å². The van der Waals surface area contributed by atoms with Crippen molar-refractivity contribution in [1.82, 2.24) is 9.80 Å². The zero-order valence-electron chi connectivity index (χ0n) is 16.0. The second-order valence-electron chi connectivity index (χ2n) is 6.69. The van der Waals surface area contributed by atoms with Crippen molar-refractivity contribution in [1.29, 1.82) is 0 Å². The fourth-order valence-corrected chi connectivity index (χ4v) is 3.49. The van der Waals surface area contributed by atoms with Crippen LogP contribution in [0, 0.1) is 11.6 Å². The van der Waals surface area contributed by atoms with Gasteiger partial charge in [0.05, 0.1) is 18.8 Å². The Morgan fingerprint density at radius 3 is 2.61 bits per heavy atom. The van der Waals surface area contributed by atoms with Crippen molar-refractivity contribution in [2.24, 2.45) is 0 Å². The van der Waals surface area contributed by atoms with E-state index >= 15 is 0 Å². The Hall–Kier alpha value is -2.45. The molecule has 1 N–H and O–H groups in total. The maximum atomic E-state index is 13.7. The highest BCUT2D eigenvalue weighted by Crippen LogP contribution is 2.32. The summed E-state index contributed by atoms with van der Waals surface area (Å²) in [6.07, 6.45) is 0.975. The van der Waals surface area contributed by atoms with Crippen molar-refractivity contribution in [3.8, 4) is 0 Å². The van der Waals surface area contributed by atoms with Gasteiger partial charge in [0.1, 0.15) is 5.82 Å². The van der Waals surface area contributed by atoms with Gasteiger partial charge in [0.2, 0.25) is 0 Å². The number of carbonyl (C=O) groups is 1. The molecular weight excluding hydrogens is 370 g/mol. The number of halogens is 2. The molecule has 1 aromatic carbocycles. The molecule has 1 fully saturated rings. The van der Waals surface area contributed by atoms with Crippen molar-refractivity contribution < 1.29 is 28.2 Å². The minimum absolute atomic E-state index is 0.140. The highest BCUT2D eigenvalue weighted by molar-refractivity contribution is 5.89. The number of morpholine rings is 1. The molecular formula is C20H24F2N2O4. The van der Waals surface area contributed by atoms with E-state index in [2.05, 4.69) is 4.90 Å². The Kier molecular flexibility index (Phi) is 6.31. The van der Waals surface area contributed by atoms with Gasteiger partial charge in [0.25, 0.3) is 0 Å². The van der Waals surface area contributed by atoms with E-state index < -0.39 is 23.8 Å².